The SMILES string of the molecule is CCSc1cc(C(C)(C)C#N)c[n+](OC)c1-c1cc2ccn(CC(F)(F)C(F)(F)F)c2cn1. The zero-order valence-electron chi connectivity index (χ0n) is 18.4. The maximum absolute atomic E-state index is 13.6. The molecule has 0 radical (unpaired) electrons. The van der Waals surface area contributed by atoms with Gasteiger partial charge in [-0.2, -0.15) is 27.2 Å². The Balaban J connectivity index is 2.12. The van der Waals surface area contributed by atoms with Crippen molar-refractivity contribution in [2.75, 3.05) is 12.9 Å². The fourth-order valence-corrected chi connectivity index (χ4v) is 4.11. The summed E-state index contributed by atoms with van der Waals surface area (Å²) in [5, 5.41) is 9.98. The van der Waals surface area contributed by atoms with Gasteiger partial charge in [0.2, 0.25) is 6.20 Å². The lowest BCUT2D eigenvalue weighted by atomic mass is 9.87. The summed E-state index contributed by atoms with van der Waals surface area (Å²) in [6, 6.07) is 7.20. The van der Waals surface area contributed by atoms with Crippen LogP contribution in [0.15, 0.2) is 41.7 Å². The number of alkyl halides is 5. The van der Waals surface area contributed by atoms with Crippen molar-refractivity contribution in [3.63, 3.8) is 0 Å². The fourth-order valence-electron chi connectivity index (χ4n) is 3.26. The highest BCUT2D eigenvalue weighted by molar-refractivity contribution is 7.99. The number of thioether (sulfide) groups is 1. The first-order valence-electron chi connectivity index (χ1n) is 9.93. The molecule has 3 aromatic heterocycles. The van der Waals surface area contributed by atoms with Crippen molar-refractivity contribution in [2.24, 2.45) is 0 Å². The third-order valence-corrected chi connectivity index (χ3v) is 6.09. The van der Waals surface area contributed by atoms with Crippen molar-refractivity contribution in [1.82, 2.24) is 9.55 Å². The van der Waals surface area contributed by atoms with Gasteiger partial charge in [-0.3, -0.25) is 4.84 Å². The number of halogens is 5. The van der Waals surface area contributed by atoms with E-state index < -0.39 is 24.1 Å². The van der Waals surface area contributed by atoms with Crippen molar-refractivity contribution in [2.45, 2.75) is 49.7 Å². The topological polar surface area (TPSA) is 54.7 Å². The van der Waals surface area contributed by atoms with Crippen molar-refractivity contribution >= 4 is 22.7 Å². The predicted molar refractivity (Wildman–Crippen MR) is 114 cm³/mol. The van der Waals surface area contributed by atoms with Crippen molar-refractivity contribution in [3.05, 3.63) is 42.4 Å². The lowest BCUT2D eigenvalue weighted by molar-refractivity contribution is -0.878. The van der Waals surface area contributed by atoms with E-state index in [0.717, 1.165) is 20.8 Å². The van der Waals surface area contributed by atoms with Crippen molar-refractivity contribution in [3.8, 4) is 17.5 Å². The summed E-state index contributed by atoms with van der Waals surface area (Å²) >= 11 is 1.51. The summed E-state index contributed by atoms with van der Waals surface area (Å²) in [6.45, 7) is 4.00. The number of aromatic nitrogens is 3. The Kier molecular flexibility index (Phi) is 6.62. The van der Waals surface area contributed by atoms with Crippen LogP contribution in [0.1, 0.15) is 26.3 Å². The van der Waals surface area contributed by atoms with Crippen LogP contribution in [0.4, 0.5) is 22.0 Å². The molecule has 176 valence electrons. The molecule has 3 heterocycles. The van der Waals surface area contributed by atoms with Gasteiger partial charge in [0.15, 0.2) is 0 Å². The Morgan fingerprint density at radius 2 is 1.91 bits per heavy atom. The largest absolute Gasteiger partial charge is 0.455 e. The van der Waals surface area contributed by atoms with E-state index in [2.05, 4.69) is 11.1 Å². The zero-order chi connectivity index (χ0) is 24.6. The second-order valence-corrected chi connectivity index (χ2v) is 9.20. The normalized spacial score (nSPS) is 12.7. The summed E-state index contributed by atoms with van der Waals surface area (Å²) in [4.78, 5) is 10.6. The lowest BCUT2D eigenvalue weighted by Gasteiger charge is -2.20. The van der Waals surface area contributed by atoms with Gasteiger partial charge in [-0.05, 0) is 37.8 Å². The second-order valence-electron chi connectivity index (χ2n) is 7.89. The first-order chi connectivity index (χ1) is 15.3. The molecule has 3 rings (SSSR count). The number of fused-ring (bicyclic) bond motifs is 1. The van der Waals surface area contributed by atoms with Gasteiger partial charge in [-0.25, -0.2) is 4.98 Å². The number of hydrogen-bond donors (Lipinski definition) is 0. The molecule has 0 aromatic carbocycles. The van der Waals surface area contributed by atoms with Gasteiger partial charge >= 0.3 is 12.1 Å². The molecule has 0 atom stereocenters. The van der Waals surface area contributed by atoms with E-state index in [0.29, 0.717) is 16.8 Å². The minimum atomic E-state index is -5.65. The average molecular weight is 486 g/mol. The van der Waals surface area contributed by atoms with Crippen LogP contribution >= 0.6 is 11.8 Å². The van der Waals surface area contributed by atoms with Crippen molar-refractivity contribution < 1.29 is 31.5 Å². The molecule has 0 aliphatic rings. The van der Waals surface area contributed by atoms with Crippen LogP contribution in [0.3, 0.4) is 0 Å². The molecular weight excluding hydrogens is 463 g/mol. The van der Waals surface area contributed by atoms with E-state index in [1.54, 1.807) is 26.1 Å². The van der Waals surface area contributed by atoms with Crippen LogP contribution in [0.25, 0.3) is 22.3 Å². The van der Waals surface area contributed by atoms with Gasteiger partial charge in [-0.15, -0.1) is 11.8 Å². The minimum absolute atomic E-state index is 0.151. The molecule has 0 amide bonds. The van der Waals surface area contributed by atoms with E-state index in [1.807, 2.05) is 13.0 Å². The highest BCUT2D eigenvalue weighted by Gasteiger charge is 2.57. The van der Waals surface area contributed by atoms with E-state index in [1.165, 1.54) is 42.1 Å². The van der Waals surface area contributed by atoms with Crippen molar-refractivity contribution in [1.29, 1.82) is 5.26 Å². The molecule has 0 fully saturated rings. The van der Waals surface area contributed by atoms with E-state index in [9.17, 15) is 27.2 Å². The molecule has 33 heavy (non-hydrogen) atoms. The average Bonchev–Trinajstić information content (AvgIpc) is 3.13. The zero-order valence-corrected chi connectivity index (χ0v) is 19.2. The van der Waals surface area contributed by atoms with E-state index >= 15 is 0 Å². The van der Waals surface area contributed by atoms with Crippen LogP contribution in [-0.2, 0) is 12.0 Å². The Labute approximate surface area is 191 Å². The van der Waals surface area contributed by atoms with Gasteiger partial charge in [0.05, 0.1) is 34.6 Å². The van der Waals surface area contributed by atoms with Gasteiger partial charge in [0.25, 0.3) is 5.69 Å². The van der Waals surface area contributed by atoms with Gasteiger partial charge in [0, 0.05) is 21.9 Å². The standard InChI is InChI=1S/C22H22F5N4OS/c1-5-33-18-9-15(20(2,3)12-28)11-31(32-4)19(18)16-8-14-6-7-30(17(14)10-29-16)13-21(23,24)22(25,26)27/h6-11H,5,13H2,1-4H3/q+1. The smallest absolute Gasteiger partial charge is 0.340 e. The van der Waals surface area contributed by atoms with Gasteiger partial charge in [-0.1, -0.05) is 6.92 Å². The number of nitrogens with zero attached hydrogens (tertiary/aromatic N) is 4. The quantitative estimate of drug-likeness (QED) is 0.264. The number of pyridine rings is 2. The predicted octanol–water partition coefficient (Wildman–Crippen LogP) is 5.16. The molecule has 0 bridgehead atoms. The summed E-state index contributed by atoms with van der Waals surface area (Å²) in [5.41, 5.74) is 1.13. The molecule has 0 spiro atoms. The van der Waals surface area contributed by atoms with Crippen LogP contribution < -0.4 is 9.57 Å². The summed E-state index contributed by atoms with van der Waals surface area (Å²) in [7, 11) is 1.46. The molecule has 0 aliphatic heterocycles. The summed E-state index contributed by atoms with van der Waals surface area (Å²) < 4.78 is 67.3. The third kappa shape index (κ3) is 4.76. The van der Waals surface area contributed by atoms with E-state index in [4.69, 9.17) is 4.84 Å². The maximum atomic E-state index is 13.6. The molecule has 5 nitrogen and oxygen atoms in total. The molecule has 3 aromatic rings. The lowest BCUT2D eigenvalue weighted by Crippen LogP contribution is -2.44. The number of hydrogen-bond acceptors (Lipinski definition) is 4. The minimum Gasteiger partial charge on any atom is -0.340 e. The number of rotatable bonds is 7. The Morgan fingerprint density at radius 1 is 1.21 bits per heavy atom. The third-order valence-electron chi connectivity index (χ3n) is 5.18. The molecule has 0 unspecified atom stereocenters. The van der Waals surface area contributed by atoms with Crippen LogP contribution in [0, 0.1) is 11.3 Å². The second kappa shape index (κ2) is 8.82. The molecule has 0 saturated carbocycles. The Bertz CT molecular complexity index is 1210. The van der Waals surface area contributed by atoms with Crippen LogP contribution in [-0.4, -0.2) is 34.5 Å². The number of nitriles is 1. The summed E-state index contributed by atoms with van der Waals surface area (Å²) in [6.07, 6.45) is -1.52. The molecular formula is C22H22F5N4OS+. The monoisotopic (exact) mass is 485 g/mol. The Morgan fingerprint density at radius 3 is 2.48 bits per heavy atom. The van der Waals surface area contributed by atoms with Gasteiger partial charge < -0.3 is 4.57 Å². The first-order valence-corrected chi connectivity index (χ1v) is 10.9. The fraction of sp³-hybridized carbons (Fsp3) is 0.409. The molecule has 0 aliphatic carbocycles. The Hall–Kier alpha value is -2.87. The van der Waals surface area contributed by atoms with E-state index in [-0.39, 0.29) is 5.52 Å². The van der Waals surface area contributed by atoms with Gasteiger partial charge in [0.1, 0.15) is 12.8 Å². The van der Waals surface area contributed by atoms with Crippen LogP contribution in [0.5, 0.6) is 0 Å². The highest BCUT2D eigenvalue weighted by atomic mass is 32.2. The maximum Gasteiger partial charge on any atom is 0.455 e. The summed E-state index contributed by atoms with van der Waals surface area (Å²) in [5.74, 6) is -4.15. The highest BCUT2D eigenvalue weighted by Crippen LogP contribution is 2.38. The molecule has 11 heteroatoms. The molecule has 0 N–H and O–H groups in total. The first kappa shape index (κ1) is 24.8. The molecule has 0 saturated heterocycles. The van der Waals surface area contributed by atoms with Crippen LogP contribution in [0.2, 0.25) is 0 Å².